The molecule has 2 N–H and O–H groups in total. The molecule has 0 saturated heterocycles. The third-order valence-corrected chi connectivity index (χ3v) is 5.70. The number of carbonyl (C=O) groups is 1. The molecule has 16 heteroatoms. The van der Waals surface area contributed by atoms with Gasteiger partial charge in [-0.25, -0.2) is 13.6 Å². The fourth-order valence-corrected chi connectivity index (χ4v) is 4.20. The Hall–Kier alpha value is -1.71. The van der Waals surface area contributed by atoms with Crippen molar-refractivity contribution in [2.75, 3.05) is 0 Å². The monoisotopic (exact) mass is 454 g/mol. The minimum Gasteiger partial charge on any atom is -0.439 e. The predicted octanol–water partition coefficient (Wildman–Crippen LogP) is 2.18. The zero-order chi connectivity index (χ0) is 23.1. The van der Waals surface area contributed by atoms with Gasteiger partial charge >= 0.3 is 41.3 Å². The number of aliphatic hydroxyl groups is 2. The average Bonchev–Trinajstić information content (AvgIpc) is 2.58. The average molecular weight is 454 g/mol. The SMILES string of the molecule is C=CC(=O)OC12C(F)C3(O)C(F)(F)C(O)(C1(F)F)C(F)(F)C(F)(C3(F)F)C2(F)F. The van der Waals surface area contributed by atoms with E-state index in [0.29, 0.717) is 0 Å². The topological polar surface area (TPSA) is 66.8 Å². The van der Waals surface area contributed by atoms with E-state index in [1.807, 2.05) is 0 Å². The molecule has 0 amide bonds. The normalized spacial score (nSPS) is 49.5. The van der Waals surface area contributed by atoms with E-state index < -0.39 is 64.2 Å². The lowest BCUT2D eigenvalue weighted by Crippen LogP contribution is -3.09. The first-order chi connectivity index (χ1) is 12.6. The molecule has 4 fully saturated rings. The first-order valence-electron chi connectivity index (χ1n) is 7.13. The number of halogens is 12. The van der Waals surface area contributed by atoms with Gasteiger partial charge in [-0.3, -0.25) is 0 Å². The Bertz CT molecular complexity index is 781. The Labute approximate surface area is 150 Å². The molecule has 4 bridgehead atoms. The summed E-state index contributed by atoms with van der Waals surface area (Å²) in [6.07, 6.45) is -5.81. The van der Waals surface area contributed by atoms with Crippen molar-refractivity contribution in [1.82, 2.24) is 0 Å². The van der Waals surface area contributed by atoms with E-state index in [0.717, 1.165) is 0 Å². The number of ether oxygens (including phenoxy) is 1. The Morgan fingerprint density at radius 2 is 1.24 bits per heavy atom. The van der Waals surface area contributed by atoms with Crippen LogP contribution in [0.25, 0.3) is 0 Å². The largest absolute Gasteiger partial charge is 0.439 e. The molecule has 4 rings (SSSR count). The number of hydrogen-bond donors (Lipinski definition) is 2. The van der Waals surface area contributed by atoms with Gasteiger partial charge in [-0.2, -0.15) is 43.9 Å². The van der Waals surface area contributed by atoms with Gasteiger partial charge in [-0.1, -0.05) is 6.58 Å². The zero-order valence-electron chi connectivity index (χ0n) is 13.1. The van der Waals surface area contributed by atoms with E-state index in [2.05, 4.69) is 11.3 Å². The van der Waals surface area contributed by atoms with Crippen LogP contribution in [0.4, 0.5) is 52.7 Å². The summed E-state index contributed by atoms with van der Waals surface area (Å²) in [5.74, 6) is -38.5. The first kappa shape index (κ1) is 22.0. The summed E-state index contributed by atoms with van der Waals surface area (Å²) in [7, 11) is 0. The van der Waals surface area contributed by atoms with Crippen molar-refractivity contribution in [2.24, 2.45) is 0 Å². The molecule has 0 aromatic carbocycles. The van der Waals surface area contributed by atoms with Gasteiger partial charge in [-0.05, 0) is 0 Å². The van der Waals surface area contributed by atoms with Crippen LogP contribution in [0.3, 0.4) is 0 Å². The summed E-state index contributed by atoms with van der Waals surface area (Å²) in [5.41, 5.74) is -26.8. The maximum Gasteiger partial charge on any atom is 0.341 e. The number of rotatable bonds is 2. The molecule has 4 saturated carbocycles. The highest BCUT2D eigenvalue weighted by molar-refractivity contribution is 5.82. The third-order valence-electron chi connectivity index (χ3n) is 5.70. The molecule has 0 aliphatic heterocycles. The van der Waals surface area contributed by atoms with E-state index in [1.54, 1.807) is 0 Å². The standard InChI is InChI=1S/C13H6F12O4/c1-2-3(26)29-6-4(14)5(27)9(16,17)7(15,11(6,20)21)13(24,25)8(28,10(5,18)19)12(6,22)23/h2,4,27-28H,1H2. The van der Waals surface area contributed by atoms with Gasteiger partial charge in [0.05, 0.1) is 0 Å². The second kappa shape index (κ2) is 4.63. The molecule has 4 nitrogen and oxygen atoms in total. The van der Waals surface area contributed by atoms with Crippen molar-refractivity contribution in [3.63, 3.8) is 0 Å². The van der Waals surface area contributed by atoms with Crippen molar-refractivity contribution in [1.29, 1.82) is 0 Å². The van der Waals surface area contributed by atoms with Crippen LogP contribution in [0, 0.1) is 0 Å². The number of esters is 1. The lowest BCUT2D eigenvalue weighted by atomic mass is 9.40. The van der Waals surface area contributed by atoms with Crippen LogP contribution >= 0.6 is 0 Å². The van der Waals surface area contributed by atoms with Crippen LogP contribution in [0.15, 0.2) is 12.7 Å². The minimum atomic E-state index is -7.42. The molecular weight excluding hydrogens is 448 g/mol. The van der Waals surface area contributed by atoms with Crippen molar-refractivity contribution in [2.45, 2.75) is 58.3 Å². The van der Waals surface area contributed by atoms with Gasteiger partial charge in [0.2, 0.25) is 5.60 Å². The van der Waals surface area contributed by atoms with Gasteiger partial charge in [0, 0.05) is 6.08 Å². The molecule has 0 aromatic heterocycles. The van der Waals surface area contributed by atoms with Gasteiger partial charge in [0.1, 0.15) is 0 Å². The van der Waals surface area contributed by atoms with Crippen molar-refractivity contribution < 1.29 is 72.4 Å². The molecule has 29 heavy (non-hydrogen) atoms. The molecule has 4 aliphatic carbocycles. The third kappa shape index (κ3) is 1.35. The zero-order valence-corrected chi connectivity index (χ0v) is 13.1. The highest BCUT2D eigenvalue weighted by Gasteiger charge is 3.19. The van der Waals surface area contributed by atoms with Gasteiger partial charge in [0.15, 0.2) is 6.17 Å². The molecule has 0 spiro atoms. The van der Waals surface area contributed by atoms with Crippen LogP contribution < -0.4 is 0 Å². The van der Waals surface area contributed by atoms with Crippen molar-refractivity contribution in [3.05, 3.63) is 12.7 Å². The Morgan fingerprint density at radius 1 is 0.793 bits per heavy atom. The maximum atomic E-state index is 14.7. The summed E-state index contributed by atoms with van der Waals surface area (Å²) in [4.78, 5) is 11.2. The van der Waals surface area contributed by atoms with Crippen LogP contribution in [-0.4, -0.2) is 74.4 Å². The van der Waals surface area contributed by atoms with E-state index in [-0.39, 0.29) is 6.08 Å². The quantitative estimate of drug-likeness (QED) is 0.382. The maximum absolute atomic E-state index is 14.7. The van der Waals surface area contributed by atoms with Crippen LogP contribution in [-0.2, 0) is 9.53 Å². The van der Waals surface area contributed by atoms with Crippen LogP contribution in [0.2, 0.25) is 0 Å². The highest BCUT2D eigenvalue weighted by atomic mass is 19.3. The van der Waals surface area contributed by atoms with Crippen molar-refractivity contribution in [3.8, 4) is 0 Å². The molecule has 0 heterocycles. The molecule has 0 radical (unpaired) electrons. The van der Waals surface area contributed by atoms with E-state index in [4.69, 9.17) is 0 Å². The molecule has 166 valence electrons. The number of hydrogen-bond acceptors (Lipinski definition) is 4. The first-order valence-corrected chi connectivity index (χ1v) is 7.13. The van der Waals surface area contributed by atoms with E-state index in [9.17, 15) is 67.7 Å². The second-order valence-electron chi connectivity index (χ2n) is 6.73. The Kier molecular flexibility index (Phi) is 3.51. The lowest BCUT2D eigenvalue weighted by molar-refractivity contribution is -0.604. The smallest absolute Gasteiger partial charge is 0.341 e. The van der Waals surface area contributed by atoms with Crippen molar-refractivity contribution >= 4 is 5.97 Å². The molecule has 0 aromatic rings. The predicted molar refractivity (Wildman–Crippen MR) is 62.4 cm³/mol. The highest BCUT2D eigenvalue weighted by Crippen LogP contribution is 2.84. The summed E-state index contributed by atoms with van der Waals surface area (Å²) < 4.78 is 176. The number of alkyl halides is 12. The summed E-state index contributed by atoms with van der Waals surface area (Å²) in [5, 5.41) is 19.0. The van der Waals surface area contributed by atoms with E-state index in [1.165, 1.54) is 0 Å². The molecular formula is C13H6F12O4. The van der Waals surface area contributed by atoms with Gasteiger partial charge in [0.25, 0.3) is 11.2 Å². The fourth-order valence-electron chi connectivity index (χ4n) is 4.20. The van der Waals surface area contributed by atoms with Crippen LogP contribution in [0.5, 0.6) is 0 Å². The fraction of sp³-hybridized carbons (Fsp3) is 0.769. The molecule has 4 aliphatic rings. The Balaban J connectivity index is 2.64. The van der Waals surface area contributed by atoms with Crippen LogP contribution in [0.1, 0.15) is 0 Å². The molecule has 5 atom stereocenters. The summed E-state index contributed by atoms with van der Waals surface area (Å²) in [6.45, 7) is 2.47. The van der Waals surface area contributed by atoms with Gasteiger partial charge < -0.3 is 14.9 Å². The lowest BCUT2D eigenvalue weighted by Gasteiger charge is -2.74. The van der Waals surface area contributed by atoms with E-state index >= 15 is 0 Å². The summed E-state index contributed by atoms with van der Waals surface area (Å²) in [6, 6.07) is 0. The number of carbonyl (C=O) groups excluding carboxylic acids is 1. The van der Waals surface area contributed by atoms with Gasteiger partial charge in [-0.15, -0.1) is 0 Å². The molecule has 5 unspecified atom stereocenters. The Morgan fingerprint density at radius 3 is 1.66 bits per heavy atom. The minimum absolute atomic E-state index is 0.328. The summed E-state index contributed by atoms with van der Waals surface area (Å²) >= 11 is 0. The second-order valence-corrected chi connectivity index (χ2v) is 6.73.